The van der Waals surface area contributed by atoms with Crippen molar-refractivity contribution >= 4 is 0 Å². The van der Waals surface area contributed by atoms with Crippen molar-refractivity contribution < 1.29 is 17.6 Å². The van der Waals surface area contributed by atoms with Gasteiger partial charge < -0.3 is 0 Å². The quantitative estimate of drug-likeness (QED) is 0.613. The SMILES string of the molecule is FC(CC1CCCCC1)CC(F)(F)F. The van der Waals surface area contributed by atoms with Gasteiger partial charge >= 0.3 is 6.18 Å². The summed E-state index contributed by atoms with van der Waals surface area (Å²) in [7, 11) is 0. The van der Waals surface area contributed by atoms with Crippen molar-refractivity contribution in [1.82, 2.24) is 0 Å². The Balaban J connectivity index is 2.21. The summed E-state index contributed by atoms with van der Waals surface area (Å²) in [5.74, 6) is 0.182. The van der Waals surface area contributed by atoms with Gasteiger partial charge in [0.2, 0.25) is 0 Å². The molecule has 0 aromatic carbocycles. The van der Waals surface area contributed by atoms with Crippen molar-refractivity contribution in [3.63, 3.8) is 0 Å². The van der Waals surface area contributed by atoms with Crippen molar-refractivity contribution in [3.8, 4) is 0 Å². The van der Waals surface area contributed by atoms with Crippen molar-refractivity contribution in [1.29, 1.82) is 0 Å². The van der Waals surface area contributed by atoms with E-state index in [1.165, 1.54) is 0 Å². The third-order valence-corrected chi connectivity index (χ3v) is 2.77. The van der Waals surface area contributed by atoms with Crippen LogP contribution < -0.4 is 0 Å². The molecule has 1 aliphatic rings. The van der Waals surface area contributed by atoms with E-state index < -0.39 is 18.8 Å². The summed E-state index contributed by atoms with van der Waals surface area (Å²) in [6, 6.07) is 0. The molecule has 0 aromatic heterocycles. The molecule has 84 valence electrons. The van der Waals surface area contributed by atoms with E-state index in [2.05, 4.69) is 0 Å². The highest BCUT2D eigenvalue weighted by atomic mass is 19.4. The van der Waals surface area contributed by atoms with E-state index in [-0.39, 0.29) is 12.3 Å². The van der Waals surface area contributed by atoms with Gasteiger partial charge in [0.15, 0.2) is 0 Å². The van der Waals surface area contributed by atoms with Gasteiger partial charge in [-0.05, 0) is 12.3 Å². The fourth-order valence-corrected chi connectivity index (χ4v) is 2.12. The monoisotopic (exact) mass is 212 g/mol. The Morgan fingerprint density at radius 2 is 1.64 bits per heavy atom. The molecule has 1 atom stereocenters. The van der Waals surface area contributed by atoms with Crippen LogP contribution in [0.4, 0.5) is 17.6 Å². The molecule has 1 aliphatic carbocycles. The second-order valence-corrected chi connectivity index (χ2v) is 4.16. The van der Waals surface area contributed by atoms with Crippen molar-refractivity contribution in [2.75, 3.05) is 0 Å². The average Bonchev–Trinajstić information content (AvgIpc) is 2.02. The zero-order chi connectivity index (χ0) is 10.6. The van der Waals surface area contributed by atoms with E-state index in [1.54, 1.807) is 0 Å². The maximum Gasteiger partial charge on any atom is 0.391 e. The van der Waals surface area contributed by atoms with Crippen molar-refractivity contribution in [3.05, 3.63) is 0 Å². The van der Waals surface area contributed by atoms with Gasteiger partial charge in [0.25, 0.3) is 0 Å². The smallest absolute Gasteiger partial charge is 0.247 e. The summed E-state index contributed by atoms with van der Waals surface area (Å²) in [6.07, 6.45) is -2.19. The predicted molar refractivity (Wildman–Crippen MR) is 46.8 cm³/mol. The standard InChI is InChI=1S/C10H16F4/c11-9(7-10(12,13)14)6-8-4-2-1-3-5-8/h8-9H,1-7H2. The Morgan fingerprint density at radius 3 is 2.14 bits per heavy atom. The highest BCUT2D eigenvalue weighted by Crippen LogP contribution is 2.32. The largest absolute Gasteiger partial charge is 0.391 e. The molecular formula is C10H16F4. The molecule has 0 aromatic rings. The van der Waals surface area contributed by atoms with E-state index in [9.17, 15) is 17.6 Å². The molecule has 0 heterocycles. The number of alkyl halides is 4. The zero-order valence-electron chi connectivity index (χ0n) is 8.12. The minimum atomic E-state index is -4.35. The summed E-state index contributed by atoms with van der Waals surface area (Å²) >= 11 is 0. The van der Waals surface area contributed by atoms with Gasteiger partial charge in [-0.15, -0.1) is 0 Å². The first-order valence-corrected chi connectivity index (χ1v) is 5.18. The van der Waals surface area contributed by atoms with Crippen LogP contribution in [0.3, 0.4) is 0 Å². The lowest BCUT2D eigenvalue weighted by Gasteiger charge is -2.23. The minimum Gasteiger partial charge on any atom is -0.247 e. The highest BCUT2D eigenvalue weighted by molar-refractivity contribution is 4.71. The Bertz CT molecular complexity index is 158. The molecule has 0 aliphatic heterocycles. The summed E-state index contributed by atoms with van der Waals surface area (Å²) in [5, 5.41) is 0. The second kappa shape index (κ2) is 4.99. The lowest BCUT2D eigenvalue weighted by molar-refractivity contribution is -0.147. The molecule has 4 heteroatoms. The Hall–Kier alpha value is -0.280. The predicted octanol–water partition coefficient (Wildman–Crippen LogP) is 4.25. The Kier molecular flexibility index (Phi) is 4.20. The van der Waals surface area contributed by atoms with Crippen LogP contribution in [-0.2, 0) is 0 Å². The summed E-state index contributed by atoms with van der Waals surface area (Å²) < 4.78 is 48.4. The van der Waals surface area contributed by atoms with Crippen LogP contribution in [0.25, 0.3) is 0 Å². The maximum atomic E-state index is 13.0. The lowest BCUT2D eigenvalue weighted by Crippen LogP contribution is -2.20. The molecular weight excluding hydrogens is 196 g/mol. The van der Waals surface area contributed by atoms with E-state index in [4.69, 9.17) is 0 Å². The van der Waals surface area contributed by atoms with Crippen LogP contribution in [0.2, 0.25) is 0 Å². The molecule has 0 bridgehead atoms. The van der Waals surface area contributed by atoms with Gasteiger partial charge in [-0.25, -0.2) is 4.39 Å². The van der Waals surface area contributed by atoms with E-state index >= 15 is 0 Å². The lowest BCUT2D eigenvalue weighted by atomic mass is 9.85. The molecule has 0 spiro atoms. The molecule has 1 fully saturated rings. The van der Waals surface area contributed by atoms with Crippen LogP contribution >= 0.6 is 0 Å². The summed E-state index contributed by atoms with van der Waals surface area (Å²) in [4.78, 5) is 0. The second-order valence-electron chi connectivity index (χ2n) is 4.16. The van der Waals surface area contributed by atoms with E-state index in [0.29, 0.717) is 0 Å². The average molecular weight is 212 g/mol. The molecule has 0 saturated heterocycles. The molecule has 0 N–H and O–H groups in total. The molecule has 1 rings (SSSR count). The molecule has 1 unspecified atom stereocenters. The number of halogens is 4. The van der Waals surface area contributed by atoms with Gasteiger partial charge in [0.1, 0.15) is 6.17 Å². The van der Waals surface area contributed by atoms with Crippen LogP contribution in [0.15, 0.2) is 0 Å². The van der Waals surface area contributed by atoms with Gasteiger partial charge in [-0.1, -0.05) is 32.1 Å². The fourth-order valence-electron chi connectivity index (χ4n) is 2.12. The molecule has 0 amide bonds. The summed E-state index contributed by atoms with van der Waals surface area (Å²) in [6.45, 7) is 0. The van der Waals surface area contributed by atoms with Gasteiger partial charge in [0.05, 0.1) is 6.42 Å². The van der Waals surface area contributed by atoms with Crippen molar-refractivity contribution in [2.45, 2.75) is 57.3 Å². The van der Waals surface area contributed by atoms with Gasteiger partial charge in [-0.3, -0.25) is 0 Å². The van der Waals surface area contributed by atoms with Crippen molar-refractivity contribution in [2.24, 2.45) is 5.92 Å². The fraction of sp³-hybridized carbons (Fsp3) is 1.00. The first kappa shape index (κ1) is 11.8. The third kappa shape index (κ3) is 4.82. The Morgan fingerprint density at radius 1 is 1.07 bits per heavy atom. The molecule has 1 saturated carbocycles. The maximum absolute atomic E-state index is 13.0. The van der Waals surface area contributed by atoms with Gasteiger partial charge in [0, 0.05) is 0 Å². The molecule has 14 heavy (non-hydrogen) atoms. The van der Waals surface area contributed by atoms with Crippen LogP contribution in [0.1, 0.15) is 44.9 Å². The first-order valence-electron chi connectivity index (χ1n) is 5.18. The zero-order valence-corrected chi connectivity index (χ0v) is 8.12. The normalized spacial score (nSPS) is 22.3. The topological polar surface area (TPSA) is 0 Å². The molecule has 0 nitrogen and oxygen atoms in total. The van der Waals surface area contributed by atoms with Crippen LogP contribution in [0, 0.1) is 5.92 Å². The minimum absolute atomic E-state index is 0.0967. The number of rotatable bonds is 3. The third-order valence-electron chi connectivity index (χ3n) is 2.77. The highest BCUT2D eigenvalue weighted by Gasteiger charge is 2.33. The van der Waals surface area contributed by atoms with E-state index in [1.807, 2.05) is 0 Å². The van der Waals surface area contributed by atoms with Crippen LogP contribution in [-0.4, -0.2) is 12.3 Å². The van der Waals surface area contributed by atoms with Gasteiger partial charge in [-0.2, -0.15) is 13.2 Å². The van der Waals surface area contributed by atoms with Crippen LogP contribution in [0.5, 0.6) is 0 Å². The number of hydrogen-bond donors (Lipinski definition) is 0. The number of hydrogen-bond acceptors (Lipinski definition) is 0. The van der Waals surface area contributed by atoms with E-state index in [0.717, 1.165) is 32.1 Å². The Labute approximate surface area is 81.7 Å². The summed E-state index contributed by atoms with van der Waals surface area (Å²) in [5.41, 5.74) is 0. The molecule has 0 radical (unpaired) electrons. The first-order chi connectivity index (χ1) is 6.47.